The number of aryl methyl sites for hydroxylation is 1. The van der Waals surface area contributed by atoms with Crippen molar-refractivity contribution in [3.05, 3.63) is 64.1 Å². The lowest BCUT2D eigenvalue weighted by atomic mass is 10.0. The van der Waals surface area contributed by atoms with Crippen molar-refractivity contribution in [2.75, 3.05) is 11.4 Å². The van der Waals surface area contributed by atoms with E-state index in [0.717, 1.165) is 16.6 Å². The van der Waals surface area contributed by atoms with Gasteiger partial charge in [-0.15, -0.1) is 0 Å². The lowest BCUT2D eigenvalue weighted by molar-refractivity contribution is 0.768. The maximum atomic E-state index is 6.10. The molecule has 0 radical (unpaired) electrons. The second-order valence-corrected chi connectivity index (χ2v) is 6.07. The molecule has 1 heterocycles. The minimum Gasteiger partial charge on any atom is -0.369 e. The van der Waals surface area contributed by atoms with Gasteiger partial charge >= 0.3 is 0 Å². The molecule has 0 aliphatic carbocycles. The molecule has 0 amide bonds. The maximum Gasteiger partial charge on any atom is 0.196 e. The standard InChI is InChI=1S/C17H18BrN3/c1-2-12-3-5-13(6-4-12)16-11-20-17(19)21(16)15-9-7-14(18)8-10-15/h3-10,16H,2,11H2,1H3,(H2,19,20). The summed E-state index contributed by atoms with van der Waals surface area (Å²) in [6, 6.07) is 17.1. The van der Waals surface area contributed by atoms with Crippen molar-refractivity contribution in [2.24, 2.45) is 10.7 Å². The molecule has 1 aliphatic heterocycles. The number of guanidine groups is 1. The number of hydrogen-bond donors (Lipinski definition) is 1. The molecule has 3 nitrogen and oxygen atoms in total. The Bertz CT molecular complexity index is 647. The molecule has 0 saturated heterocycles. The average molecular weight is 344 g/mol. The summed E-state index contributed by atoms with van der Waals surface area (Å²) in [5.41, 5.74) is 9.77. The first kappa shape index (κ1) is 14.1. The maximum absolute atomic E-state index is 6.10. The van der Waals surface area contributed by atoms with E-state index in [0.29, 0.717) is 12.5 Å². The van der Waals surface area contributed by atoms with Crippen molar-refractivity contribution < 1.29 is 0 Å². The summed E-state index contributed by atoms with van der Waals surface area (Å²) < 4.78 is 1.06. The first-order chi connectivity index (χ1) is 10.2. The highest BCUT2D eigenvalue weighted by Gasteiger charge is 2.28. The molecular weight excluding hydrogens is 326 g/mol. The van der Waals surface area contributed by atoms with E-state index in [1.165, 1.54) is 11.1 Å². The molecule has 0 aromatic heterocycles. The Morgan fingerprint density at radius 3 is 2.43 bits per heavy atom. The molecule has 21 heavy (non-hydrogen) atoms. The predicted octanol–water partition coefficient (Wildman–Crippen LogP) is 3.89. The van der Waals surface area contributed by atoms with Gasteiger partial charge < -0.3 is 10.6 Å². The summed E-state index contributed by atoms with van der Waals surface area (Å²) in [5, 5.41) is 0. The average Bonchev–Trinajstić information content (AvgIpc) is 2.90. The lowest BCUT2D eigenvalue weighted by Gasteiger charge is -2.26. The Hall–Kier alpha value is -1.81. The van der Waals surface area contributed by atoms with Crippen LogP contribution < -0.4 is 10.6 Å². The zero-order valence-corrected chi connectivity index (χ0v) is 13.5. The largest absolute Gasteiger partial charge is 0.369 e. The van der Waals surface area contributed by atoms with Crippen LogP contribution in [0.1, 0.15) is 24.1 Å². The minimum atomic E-state index is 0.178. The number of rotatable bonds is 3. The van der Waals surface area contributed by atoms with Crippen LogP contribution in [0.15, 0.2) is 58.0 Å². The van der Waals surface area contributed by atoms with E-state index in [-0.39, 0.29) is 6.04 Å². The Balaban J connectivity index is 1.92. The number of nitrogens with two attached hydrogens (primary N) is 1. The summed E-state index contributed by atoms with van der Waals surface area (Å²) in [7, 11) is 0. The summed E-state index contributed by atoms with van der Waals surface area (Å²) in [4.78, 5) is 6.53. The molecule has 4 heteroatoms. The van der Waals surface area contributed by atoms with Gasteiger partial charge in [0.2, 0.25) is 0 Å². The molecular formula is C17H18BrN3. The van der Waals surface area contributed by atoms with E-state index in [4.69, 9.17) is 5.73 Å². The molecule has 0 spiro atoms. The first-order valence-electron chi connectivity index (χ1n) is 7.12. The van der Waals surface area contributed by atoms with Gasteiger partial charge in [-0.2, -0.15) is 0 Å². The van der Waals surface area contributed by atoms with E-state index in [1.807, 2.05) is 12.1 Å². The van der Waals surface area contributed by atoms with Crippen LogP contribution in [0.2, 0.25) is 0 Å². The van der Waals surface area contributed by atoms with Crippen LogP contribution in [0.3, 0.4) is 0 Å². The van der Waals surface area contributed by atoms with Gasteiger partial charge in [-0.1, -0.05) is 47.1 Å². The van der Waals surface area contributed by atoms with Gasteiger partial charge in [0.15, 0.2) is 5.96 Å². The molecule has 0 fully saturated rings. The monoisotopic (exact) mass is 343 g/mol. The Morgan fingerprint density at radius 2 is 1.81 bits per heavy atom. The fourth-order valence-electron chi connectivity index (χ4n) is 2.64. The molecule has 2 N–H and O–H groups in total. The quantitative estimate of drug-likeness (QED) is 0.918. The van der Waals surface area contributed by atoms with Crippen molar-refractivity contribution in [3.8, 4) is 0 Å². The highest BCUT2D eigenvalue weighted by molar-refractivity contribution is 9.10. The molecule has 1 atom stereocenters. The zero-order chi connectivity index (χ0) is 14.8. The highest BCUT2D eigenvalue weighted by atomic mass is 79.9. The summed E-state index contributed by atoms with van der Waals surface area (Å²) in [5.74, 6) is 0.585. The zero-order valence-electron chi connectivity index (χ0n) is 12.0. The molecule has 0 saturated carbocycles. The SMILES string of the molecule is CCc1ccc(C2CN=C(N)N2c2ccc(Br)cc2)cc1. The van der Waals surface area contributed by atoms with Crippen LogP contribution in [0, 0.1) is 0 Å². The van der Waals surface area contributed by atoms with E-state index in [2.05, 4.69) is 69.1 Å². The molecule has 1 aliphatic rings. The fourth-order valence-corrected chi connectivity index (χ4v) is 2.91. The van der Waals surface area contributed by atoms with Gasteiger partial charge in [0, 0.05) is 10.2 Å². The van der Waals surface area contributed by atoms with E-state index < -0.39 is 0 Å². The van der Waals surface area contributed by atoms with E-state index in [1.54, 1.807) is 0 Å². The van der Waals surface area contributed by atoms with Crippen LogP contribution in [0.25, 0.3) is 0 Å². The van der Waals surface area contributed by atoms with Gasteiger partial charge in [0.05, 0.1) is 12.6 Å². The molecule has 1 unspecified atom stereocenters. The van der Waals surface area contributed by atoms with Crippen LogP contribution in [-0.4, -0.2) is 12.5 Å². The molecule has 3 rings (SSSR count). The van der Waals surface area contributed by atoms with Gasteiger partial charge in [-0.25, -0.2) is 0 Å². The van der Waals surface area contributed by atoms with Crippen molar-refractivity contribution in [1.82, 2.24) is 0 Å². The minimum absolute atomic E-state index is 0.178. The van der Waals surface area contributed by atoms with Gasteiger partial charge in [-0.05, 0) is 41.8 Å². The second-order valence-electron chi connectivity index (χ2n) is 5.16. The van der Waals surface area contributed by atoms with E-state index >= 15 is 0 Å². The predicted molar refractivity (Wildman–Crippen MR) is 91.7 cm³/mol. The molecule has 0 bridgehead atoms. The summed E-state index contributed by atoms with van der Waals surface area (Å²) in [6.45, 7) is 2.87. The Labute approximate surface area is 133 Å². The summed E-state index contributed by atoms with van der Waals surface area (Å²) in [6.07, 6.45) is 1.06. The summed E-state index contributed by atoms with van der Waals surface area (Å²) >= 11 is 3.47. The number of anilines is 1. The Morgan fingerprint density at radius 1 is 1.14 bits per heavy atom. The fraction of sp³-hybridized carbons (Fsp3) is 0.235. The third-order valence-electron chi connectivity index (χ3n) is 3.86. The molecule has 2 aromatic rings. The van der Waals surface area contributed by atoms with E-state index in [9.17, 15) is 0 Å². The van der Waals surface area contributed by atoms with Crippen LogP contribution in [0.4, 0.5) is 5.69 Å². The van der Waals surface area contributed by atoms with Crippen molar-refractivity contribution in [2.45, 2.75) is 19.4 Å². The highest BCUT2D eigenvalue weighted by Crippen LogP contribution is 2.31. The lowest BCUT2D eigenvalue weighted by Crippen LogP contribution is -2.36. The number of nitrogens with zero attached hydrogens (tertiary/aromatic N) is 2. The van der Waals surface area contributed by atoms with Crippen LogP contribution in [0.5, 0.6) is 0 Å². The molecule has 108 valence electrons. The number of benzene rings is 2. The van der Waals surface area contributed by atoms with Gasteiger partial charge in [-0.3, -0.25) is 4.99 Å². The first-order valence-corrected chi connectivity index (χ1v) is 7.92. The third kappa shape index (κ3) is 2.81. The number of aliphatic imine (C=N–C) groups is 1. The topological polar surface area (TPSA) is 41.6 Å². The Kier molecular flexibility index (Phi) is 3.97. The van der Waals surface area contributed by atoms with Crippen molar-refractivity contribution in [3.63, 3.8) is 0 Å². The normalized spacial score (nSPS) is 17.9. The van der Waals surface area contributed by atoms with Crippen LogP contribution >= 0.6 is 15.9 Å². The number of hydrogen-bond acceptors (Lipinski definition) is 3. The smallest absolute Gasteiger partial charge is 0.196 e. The third-order valence-corrected chi connectivity index (χ3v) is 4.39. The van der Waals surface area contributed by atoms with Crippen molar-refractivity contribution >= 4 is 27.6 Å². The second kappa shape index (κ2) is 5.90. The van der Waals surface area contributed by atoms with Gasteiger partial charge in [0.25, 0.3) is 0 Å². The van der Waals surface area contributed by atoms with Crippen LogP contribution in [-0.2, 0) is 6.42 Å². The number of halogens is 1. The van der Waals surface area contributed by atoms with Gasteiger partial charge in [0.1, 0.15) is 0 Å². The molecule has 2 aromatic carbocycles. The van der Waals surface area contributed by atoms with Crippen molar-refractivity contribution in [1.29, 1.82) is 0 Å².